The topological polar surface area (TPSA) is 64.0 Å². The van der Waals surface area contributed by atoms with Crippen molar-refractivity contribution in [3.8, 4) is 11.8 Å². The molecule has 5 heteroatoms. The summed E-state index contributed by atoms with van der Waals surface area (Å²) in [5.74, 6) is 5.88. The Morgan fingerprint density at radius 2 is 2.25 bits per heavy atom. The van der Waals surface area contributed by atoms with Gasteiger partial charge >= 0.3 is 0 Å². The van der Waals surface area contributed by atoms with Crippen molar-refractivity contribution < 1.29 is 4.79 Å². The lowest BCUT2D eigenvalue weighted by Crippen LogP contribution is -2.20. The van der Waals surface area contributed by atoms with Crippen LogP contribution in [0.3, 0.4) is 0 Å². The molecule has 1 amide bonds. The van der Waals surface area contributed by atoms with Gasteiger partial charge in [-0.05, 0) is 18.2 Å². The lowest BCUT2D eigenvalue weighted by molar-refractivity contribution is -0.118. The number of nitrogens with zero attached hydrogens (tertiary/aromatic N) is 2. The highest BCUT2D eigenvalue weighted by Crippen LogP contribution is 2.08. The maximum absolute atomic E-state index is 12.0. The second-order valence-electron chi connectivity index (χ2n) is 4.43. The number of benzene rings is 1. The van der Waals surface area contributed by atoms with Gasteiger partial charge in [0.25, 0.3) is 5.56 Å². The number of amides is 1. The van der Waals surface area contributed by atoms with E-state index in [4.69, 9.17) is 0 Å². The van der Waals surface area contributed by atoms with Crippen molar-refractivity contribution in [2.24, 2.45) is 7.05 Å². The van der Waals surface area contributed by atoms with Crippen LogP contribution >= 0.6 is 0 Å². The van der Waals surface area contributed by atoms with Crippen molar-refractivity contribution in [1.82, 2.24) is 14.9 Å². The van der Waals surface area contributed by atoms with E-state index in [1.54, 1.807) is 19.2 Å². The molecule has 2 aromatic rings. The Balaban J connectivity index is 2.20. The molecule has 1 heterocycles. The van der Waals surface area contributed by atoms with Crippen LogP contribution in [0.25, 0.3) is 10.9 Å². The first-order valence-electron chi connectivity index (χ1n) is 6.26. The van der Waals surface area contributed by atoms with E-state index in [0.717, 1.165) is 5.56 Å². The number of aromatic nitrogens is 2. The maximum atomic E-state index is 12.0. The number of hydrogen-bond acceptors (Lipinski definition) is 3. The molecular weight excluding hydrogens is 254 g/mol. The second kappa shape index (κ2) is 6.02. The van der Waals surface area contributed by atoms with Gasteiger partial charge in [-0.3, -0.25) is 9.59 Å². The number of rotatable bonds is 2. The van der Waals surface area contributed by atoms with Crippen LogP contribution in [-0.4, -0.2) is 22.0 Å². The number of carbonyl (C=O) groups is 1. The van der Waals surface area contributed by atoms with Gasteiger partial charge in [-0.25, -0.2) is 4.98 Å². The molecule has 1 aromatic heterocycles. The van der Waals surface area contributed by atoms with Gasteiger partial charge in [0.05, 0.1) is 17.2 Å². The van der Waals surface area contributed by atoms with Crippen LogP contribution in [0.4, 0.5) is 0 Å². The van der Waals surface area contributed by atoms with E-state index in [0.29, 0.717) is 23.9 Å². The van der Waals surface area contributed by atoms with Crippen molar-refractivity contribution in [2.45, 2.75) is 13.3 Å². The van der Waals surface area contributed by atoms with Crippen LogP contribution in [-0.2, 0) is 11.8 Å². The molecule has 0 spiro atoms. The molecule has 0 aliphatic carbocycles. The Hall–Kier alpha value is -2.61. The van der Waals surface area contributed by atoms with Crippen LogP contribution in [0.5, 0.6) is 0 Å². The molecule has 5 nitrogen and oxygen atoms in total. The molecular formula is C15H15N3O2. The molecule has 0 bridgehead atoms. The summed E-state index contributed by atoms with van der Waals surface area (Å²) in [6.45, 7) is 2.00. The zero-order valence-corrected chi connectivity index (χ0v) is 11.4. The van der Waals surface area contributed by atoms with Gasteiger partial charge in [0.1, 0.15) is 0 Å². The average molecular weight is 269 g/mol. The zero-order chi connectivity index (χ0) is 14.5. The highest BCUT2D eigenvalue weighted by atomic mass is 16.1. The Labute approximate surface area is 116 Å². The molecule has 0 saturated carbocycles. The number of hydrogen-bond donors (Lipinski definition) is 1. The minimum Gasteiger partial charge on any atom is -0.355 e. The van der Waals surface area contributed by atoms with E-state index in [-0.39, 0.29) is 11.5 Å². The predicted molar refractivity (Wildman–Crippen MR) is 77.2 cm³/mol. The van der Waals surface area contributed by atoms with Crippen molar-refractivity contribution >= 4 is 16.8 Å². The fourth-order valence-electron chi connectivity index (χ4n) is 1.75. The maximum Gasteiger partial charge on any atom is 0.260 e. The minimum absolute atomic E-state index is 0.0629. The molecule has 1 aromatic carbocycles. The van der Waals surface area contributed by atoms with Crippen LogP contribution in [0.15, 0.2) is 29.3 Å². The summed E-state index contributed by atoms with van der Waals surface area (Å²) in [7, 11) is 1.67. The minimum atomic E-state index is -0.0862. The fraction of sp³-hybridized carbons (Fsp3) is 0.267. The summed E-state index contributed by atoms with van der Waals surface area (Å²) in [4.78, 5) is 26.8. The molecule has 1 N–H and O–H groups in total. The van der Waals surface area contributed by atoms with E-state index in [2.05, 4.69) is 22.1 Å². The third-order valence-electron chi connectivity index (χ3n) is 2.77. The molecule has 0 aliphatic heterocycles. The molecule has 102 valence electrons. The van der Waals surface area contributed by atoms with E-state index in [1.165, 1.54) is 17.8 Å². The summed E-state index contributed by atoms with van der Waals surface area (Å²) < 4.78 is 1.44. The monoisotopic (exact) mass is 269 g/mol. The largest absolute Gasteiger partial charge is 0.355 e. The molecule has 0 saturated heterocycles. The van der Waals surface area contributed by atoms with E-state index in [9.17, 15) is 9.59 Å². The average Bonchev–Trinajstić information content (AvgIpc) is 2.42. The Bertz CT molecular complexity index is 766. The summed E-state index contributed by atoms with van der Waals surface area (Å²) >= 11 is 0. The third-order valence-corrected chi connectivity index (χ3v) is 2.77. The number of fused-ring (bicyclic) bond motifs is 1. The van der Waals surface area contributed by atoms with Crippen molar-refractivity contribution in [1.29, 1.82) is 0 Å². The smallest absolute Gasteiger partial charge is 0.260 e. The van der Waals surface area contributed by atoms with Crippen molar-refractivity contribution in [3.63, 3.8) is 0 Å². The molecule has 2 rings (SSSR count). The number of nitrogens with one attached hydrogen (secondary N) is 1. The van der Waals surface area contributed by atoms with Crippen molar-refractivity contribution in [2.75, 3.05) is 6.54 Å². The summed E-state index contributed by atoms with van der Waals surface area (Å²) in [5.41, 5.74) is 1.35. The zero-order valence-electron chi connectivity index (χ0n) is 11.4. The first-order valence-corrected chi connectivity index (χ1v) is 6.26. The SMILES string of the molecule is CC(=O)NCCC#Cc1ccc2ncn(C)c(=O)c2c1. The van der Waals surface area contributed by atoms with E-state index < -0.39 is 0 Å². The predicted octanol–water partition coefficient (Wildman–Crippen LogP) is 0.811. The number of aryl methyl sites for hydroxylation is 1. The van der Waals surface area contributed by atoms with E-state index in [1.807, 2.05) is 6.07 Å². The summed E-state index contributed by atoms with van der Waals surface area (Å²) in [6.07, 6.45) is 2.08. The van der Waals surface area contributed by atoms with Crippen LogP contribution in [0.2, 0.25) is 0 Å². The first-order chi connectivity index (χ1) is 9.58. The van der Waals surface area contributed by atoms with Crippen LogP contribution in [0.1, 0.15) is 18.9 Å². The Kier molecular flexibility index (Phi) is 4.16. The van der Waals surface area contributed by atoms with Gasteiger partial charge in [0.15, 0.2) is 0 Å². The lowest BCUT2D eigenvalue weighted by atomic mass is 10.1. The Morgan fingerprint density at radius 1 is 1.45 bits per heavy atom. The molecule has 0 unspecified atom stereocenters. The Morgan fingerprint density at radius 3 is 3.00 bits per heavy atom. The van der Waals surface area contributed by atoms with Crippen molar-refractivity contribution in [3.05, 3.63) is 40.4 Å². The van der Waals surface area contributed by atoms with Gasteiger partial charge in [-0.1, -0.05) is 11.8 Å². The molecule has 0 radical (unpaired) electrons. The molecule has 0 fully saturated rings. The molecule has 0 aliphatic rings. The summed E-state index contributed by atoms with van der Waals surface area (Å²) in [5, 5.41) is 3.23. The number of carbonyl (C=O) groups excluding carboxylic acids is 1. The van der Waals surface area contributed by atoms with Gasteiger partial charge < -0.3 is 9.88 Å². The highest BCUT2D eigenvalue weighted by Gasteiger charge is 2.01. The quantitative estimate of drug-likeness (QED) is 0.648. The standard InChI is InChI=1S/C15H15N3O2/c1-11(19)16-8-4-3-5-12-6-7-14-13(9-12)15(20)18(2)10-17-14/h6-7,9-10H,4,8H2,1-2H3,(H,16,19). The van der Waals surface area contributed by atoms with Gasteiger partial charge in [-0.2, -0.15) is 0 Å². The van der Waals surface area contributed by atoms with Gasteiger partial charge in [-0.15, -0.1) is 0 Å². The fourth-order valence-corrected chi connectivity index (χ4v) is 1.75. The molecule has 20 heavy (non-hydrogen) atoms. The molecule has 0 atom stereocenters. The second-order valence-corrected chi connectivity index (χ2v) is 4.43. The van der Waals surface area contributed by atoms with Crippen LogP contribution < -0.4 is 10.9 Å². The normalized spacial score (nSPS) is 9.90. The third kappa shape index (κ3) is 3.23. The lowest BCUT2D eigenvalue weighted by Gasteiger charge is -2.00. The first kappa shape index (κ1) is 13.8. The van der Waals surface area contributed by atoms with Gasteiger partial charge in [0, 0.05) is 32.5 Å². The van der Waals surface area contributed by atoms with Crippen LogP contribution in [0, 0.1) is 11.8 Å². The summed E-state index contributed by atoms with van der Waals surface area (Å²) in [6, 6.07) is 5.37. The highest BCUT2D eigenvalue weighted by molar-refractivity contribution is 5.79. The van der Waals surface area contributed by atoms with Gasteiger partial charge in [0.2, 0.25) is 5.91 Å². The van der Waals surface area contributed by atoms with E-state index >= 15 is 0 Å².